The minimum Gasteiger partial charge on any atom is -0.366 e. The molecule has 0 aliphatic carbocycles. The van der Waals surface area contributed by atoms with Crippen molar-refractivity contribution in [2.75, 3.05) is 24.7 Å². The molecule has 2 heterocycles. The number of nitrogens with zero attached hydrogens (tertiary/aromatic N) is 2. The molecule has 4 nitrogen and oxygen atoms in total. The highest BCUT2D eigenvalue weighted by Gasteiger charge is 2.14. The molecule has 5 heteroatoms. The van der Waals surface area contributed by atoms with Gasteiger partial charge in [-0.1, -0.05) is 0 Å². The largest absolute Gasteiger partial charge is 0.366 e. The van der Waals surface area contributed by atoms with Gasteiger partial charge in [0.15, 0.2) is 0 Å². The lowest BCUT2D eigenvalue weighted by molar-refractivity contribution is 0.785. The fraction of sp³-hybridized carbons (Fsp3) is 0.556. The zero-order valence-electron chi connectivity index (χ0n) is 8.16. The zero-order valence-corrected chi connectivity index (χ0v) is 8.97. The first kappa shape index (κ1) is 9.73. The van der Waals surface area contributed by atoms with Crippen LogP contribution in [0.4, 0.5) is 5.82 Å². The van der Waals surface area contributed by atoms with Crippen LogP contribution >= 0.6 is 11.8 Å². The molecule has 14 heavy (non-hydrogen) atoms. The molecule has 2 rings (SSSR count). The fourth-order valence-corrected chi connectivity index (χ4v) is 1.90. The van der Waals surface area contributed by atoms with Crippen LogP contribution in [0.25, 0.3) is 0 Å². The molecule has 0 amide bonds. The lowest BCUT2D eigenvalue weighted by Crippen LogP contribution is -2.22. The second kappa shape index (κ2) is 4.61. The van der Waals surface area contributed by atoms with Gasteiger partial charge in [0.25, 0.3) is 0 Å². The van der Waals surface area contributed by atoms with Gasteiger partial charge in [-0.05, 0) is 19.2 Å². The number of hydrogen-bond acceptors (Lipinski definition) is 5. The van der Waals surface area contributed by atoms with Crippen LogP contribution in [-0.4, -0.2) is 35.4 Å². The van der Waals surface area contributed by atoms with Crippen LogP contribution in [0.2, 0.25) is 0 Å². The van der Waals surface area contributed by atoms with Gasteiger partial charge in [0.05, 0.1) is 0 Å². The smallest absolute Gasteiger partial charge is 0.130 e. The molecule has 1 aromatic rings. The second-order valence-corrected chi connectivity index (χ2v) is 4.11. The van der Waals surface area contributed by atoms with E-state index in [0.29, 0.717) is 6.04 Å². The molecule has 0 spiro atoms. The third-order valence-electron chi connectivity index (χ3n) is 2.26. The van der Waals surface area contributed by atoms with Crippen LogP contribution in [0.3, 0.4) is 0 Å². The standard InChI is InChI=1S/C9H14N4S/c1-14-9-4-8(11-6-12-9)13-7-2-3-10-5-7/h4,6-7,10H,2-3,5H2,1H3,(H,11,12,13). The normalized spacial score (nSPS) is 21.1. The summed E-state index contributed by atoms with van der Waals surface area (Å²) in [6, 6.07) is 2.50. The van der Waals surface area contributed by atoms with Crippen molar-refractivity contribution in [2.24, 2.45) is 0 Å². The highest BCUT2D eigenvalue weighted by atomic mass is 32.2. The summed E-state index contributed by atoms with van der Waals surface area (Å²) >= 11 is 1.63. The number of thioether (sulfide) groups is 1. The van der Waals surface area contributed by atoms with Crippen LogP contribution in [0, 0.1) is 0 Å². The minimum absolute atomic E-state index is 0.514. The molecule has 2 N–H and O–H groups in total. The number of anilines is 1. The van der Waals surface area contributed by atoms with Crippen molar-refractivity contribution in [1.29, 1.82) is 0 Å². The minimum atomic E-state index is 0.514. The van der Waals surface area contributed by atoms with Crippen molar-refractivity contribution < 1.29 is 0 Å². The van der Waals surface area contributed by atoms with Crippen molar-refractivity contribution in [2.45, 2.75) is 17.5 Å². The van der Waals surface area contributed by atoms with Crippen LogP contribution in [-0.2, 0) is 0 Å². The molecule has 1 fully saturated rings. The van der Waals surface area contributed by atoms with E-state index in [2.05, 4.69) is 20.6 Å². The van der Waals surface area contributed by atoms with E-state index in [0.717, 1.165) is 23.9 Å². The number of hydrogen-bond donors (Lipinski definition) is 2. The van der Waals surface area contributed by atoms with Gasteiger partial charge in [-0.15, -0.1) is 11.8 Å². The quantitative estimate of drug-likeness (QED) is 0.575. The maximum atomic E-state index is 4.19. The lowest BCUT2D eigenvalue weighted by atomic mass is 10.2. The van der Waals surface area contributed by atoms with Crippen LogP contribution in [0.15, 0.2) is 17.4 Å². The van der Waals surface area contributed by atoms with Gasteiger partial charge >= 0.3 is 0 Å². The van der Waals surface area contributed by atoms with Gasteiger partial charge in [-0.3, -0.25) is 0 Å². The number of nitrogens with one attached hydrogen (secondary N) is 2. The topological polar surface area (TPSA) is 49.8 Å². The monoisotopic (exact) mass is 210 g/mol. The van der Waals surface area contributed by atoms with Gasteiger partial charge in [-0.25, -0.2) is 9.97 Å². The summed E-state index contributed by atoms with van der Waals surface area (Å²) in [5.41, 5.74) is 0. The van der Waals surface area contributed by atoms with Gasteiger partial charge in [0.1, 0.15) is 17.2 Å². The second-order valence-electron chi connectivity index (χ2n) is 3.28. The van der Waals surface area contributed by atoms with E-state index in [1.807, 2.05) is 12.3 Å². The van der Waals surface area contributed by atoms with E-state index >= 15 is 0 Å². The maximum Gasteiger partial charge on any atom is 0.130 e. The van der Waals surface area contributed by atoms with E-state index in [4.69, 9.17) is 0 Å². The molecule has 0 saturated carbocycles. The maximum absolute atomic E-state index is 4.19. The van der Waals surface area contributed by atoms with E-state index in [1.165, 1.54) is 6.42 Å². The summed E-state index contributed by atoms with van der Waals surface area (Å²) in [7, 11) is 0. The van der Waals surface area contributed by atoms with Crippen LogP contribution < -0.4 is 10.6 Å². The first-order valence-corrected chi connectivity index (χ1v) is 5.94. The van der Waals surface area contributed by atoms with E-state index < -0.39 is 0 Å². The molecule has 1 saturated heterocycles. The Balaban J connectivity index is 2.00. The molecule has 1 aromatic heterocycles. The Kier molecular flexibility index (Phi) is 3.21. The van der Waals surface area contributed by atoms with Crippen molar-refractivity contribution in [1.82, 2.24) is 15.3 Å². The Morgan fingerprint density at radius 1 is 1.57 bits per heavy atom. The average Bonchev–Trinajstić information content (AvgIpc) is 2.71. The summed E-state index contributed by atoms with van der Waals surface area (Å²) in [4.78, 5) is 8.32. The Bertz CT molecular complexity index is 299. The van der Waals surface area contributed by atoms with Crippen molar-refractivity contribution >= 4 is 17.6 Å². The van der Waals surface area contributed by atoms with E-state index in [1.54, 1.807) is 18.1 Å². The summed E-state index contributed by atoms with van der Waals surface area (Å²) in [6.45, 7) is 2.12. The third kappa shape index (κ3) is 2.36. The Morgan fingerprint density at radius 2 is 2.50 bits per heavy atom. The molecule has 0 aromatic carbocycles. The zero-order chi connectivity index (χ0) is 9.80. The van der Waals surface area contributed by atoms with E-state index in [9.17, 15) is 0 Å². The molecule has 1 aliphatic rings. The van der Waals surface area contributed by atoms with Crippen molar-refractivity contribution in [3.63, 3.8) is 0 Å². The summed E-state index contributed by atoms with van der Waals surface area (Å²) < 4.78 is 0. The van der Waals surface area contributed by atoms with E-state index in [-0.39, 0.29) is 0 Å². The van der Waals surface area contributed by atoms with Gasteiger partial charge in [-0.2, -0.15) is 0 Å². The van der Waals surface area contributed by atoms with Gasteiger partial charge in [0.2, 0.25) is 0 Å². The fourth-order valence-electron chi connectivity index (χ4n) is 1.52. The summed E-state index contributed by atoms with van der Waals surface area (Å²) in [5, 5.41) is 7.71. The summed E-state index contributed by atoms with van der Waals surface area (Å²) in [5.74, 6) is 0.929. The number of aromatic nitrogens is 2. The predicted molar refractivity (Wildman–Crippen MR) is 58.7 cm³/mol. The first-order chi connectivity index (χ1) is 6.88. The van der Waals surface area contributed by atoms with Gasteiger partial charge in [0, 0.05) is 18.7 Å². The third-order valence-corrected chi connectivity index (χ3v) is 2.90. The Hall–Kier alpha value is -0.810. The molecule has 1 aliphatic heterocycles. The first-order valence-electron chi connectivity index (χ1n) is 4.72. The van der Waals surface area contributed by atoms with Gasteiger partial charge < -0.3 is 10.6 Å². The molecule has 1 unspecified atom stereocenters. The predicted octanol–water partition coefficient (Wildman–Crippen LogP) is 0.972. The van der Waals surface area contributed by atoms with Crippen molar-refractivity contribution in [3.8, 4) is 0 Å². The highest BCUT2D eigenvalue weighted by Crippen LogP contribution is 2.15. The summed E-state index contributed by atoms with van der Waals surface area (Å²) in [6.07, 6.45) is 4.79. The SMILES string of the molecule is CSc1cc(NC2CCNC2)ncn1. The Morgan fingerprint density at radius 3 is 3.21 bits per heavy atom. The lowest BCUT2D eigenvalue weighted by Gasteiger charge is -2.11. The van der Waals surface area contributed by atoms with Crippen LogP contribution in [0.5, 0.6) is 0 Å². The van der Waals surface area contributed by atoms with Crippen LogP contribution in [0.1, 0.15) is 6.42 Å². The molecule has 76 valence electrons. The number of rotatable bonds is 3. The average molecular weight is 210 g/mol. The van der Waals surface area contributed by atoms with Crippen molar-refractivity contribution in [3.05, 3.63) is 12.4 Å². The highest BCUT2D eigenvalue weighted by molar-refractivity contribution is 7.98. The molecular formula is C9H14N4S. The molecule has 0 bridgehead atoms. The molecular weight excluding hydrogens is 196 g/mol. The Labute approximate surface area is 87.9 Å². The molecule has 0 radical (unpaired) electrons. The molecule has 1 atom stereocenters.